The molecule has 0 amide bonds. The van der Waals surface area contributed by atoms with E-state index in [9.17, 15) is 8.78 Å². The number of hydrogen-bond donors (Lipinski definition) is 2. The first-order valence-electron chi connectivity index (χ1n) is 5.38. The second-order valence-corrected chi connectivity index (χ2v) is 4.24. The Kier molecular flexibility index (Phi) is 4.08. The third kappa shape index (κ3) is 2.73. The van der Waals surface area contributed by atoms with Gasteiger partial charge >= 0.3 is 6.55 Å². The molecule has 0 radical (unpaired) electrons. The quantitative estimate of drug-likeness (QED) is 0.902. The Morgan fingerprint density at radius 2 is 2.16 bits per heavy atom. The maximum Gasteiger partial charge on any atom is 0.335 e. The van der Waals surface area contributed by atoms with Crippen molar-refractivity contribution in [2.24, 2.45) is 5.73 Å². The lowest BCUT2D eigenvalue weighted by atomic mass is 10.0. The zero-order chi connectivity index (χ0) is 14.0. The molecule has 1 unspecified atom stereocenters. The predicted molar refractivity (Wildman–Crippen MR) is 65.7 cm³/mol. The number of aliphatic hydroxyl groups is 1. The van der Waals surface area contributed by atoms with Gasteiger partial charge < -0.3 is 10.8 Å². The fourth-order valence-corrected chi connectivity index (χ4v) is 1.84. The highest BCUT2D eigenvalue weighted by atomic mass is 35.5. The standard InChI is InChI=1S/C11H11ClF2N4O/c12-8-2-1-6(9(15)4-19)3-7(8)10-16-5-17-18(10)11(13)14/h1-3,5,9,11,19H,4,15H2. The number of nitrogens with zero attached hydrogens (tertiary/aromatic N) is 3. The van der Waals surface area contributed by atoms with Gasteiger partial charge in [-0.25, -0.2) is 4.98 Å². The van der Waals surface area contributed by atoms with E-state index in [1.165, 1.54) is 12.1 Å². The minimum Gasteiger partial charge on any atom is -0.394 e. The Morgan fingerprint density at radius 3 is 2.79 bits per heavy atom. The highest BCUT2D eigenvalue weighted by Crippen LogP contribution is 2.30. The lowest BCUT2D eigenvalue weighted by Crippen LogP contribution is -2.14. The Morgan fingerprint density at radius 1 is 1.42 bits per heavy atom. The molecule has 19 heavy (non-hydrogen) atoms. The Bertz CT molecular complexity index is 576. The number of aromatic nitrogens is 3. The summed E-state index contributed by atoms with van der Waals surface area (Å²) in [5, 5.41) is 12.7. The van der Waals surface area contributed by atoms with E-state index in [0.717, 1.165) is 6.33 Å². The van der Waals surface area contributed by atoms with Crippen LogP contribution in [0.25, 0.3) is 11.4 Å². The van der Waals surface area contributed by atoms with Crippen LogP contribution in [0.2, 0.25) is 5.02 Å². The number of hydrogen-bond acceptors (Lipinski definition) is 4. The molecule has 3 N–H and O–H groups in total. The average molecular weight is 289 g/mol. The van der Waals surface area contributed by atoms with Crippen LogP contribution in [0.4, 0.5) is 8.78 Å². The van der Waals surface area contributed by atoms with Crippen molar-refractivity contribution in [2.75, 3.05) is 6.61 Å². The fraction of sp³-hybridized carbons (Fsp3) is 0.273. The molecule has 0 spiro atoms. The first-order chi connectivity index (χ1) is 9.04. The van der Waals surface area contributed by atoms with Gasteiger partial charge in [-0.15, -0.1) is 0 Å². The zero-order valence-corrected chi connectivity index (χ0v) is 10.4. The smallest absolute Gasteiger partial charge is 0.335 e. The van der Waals surface area contributed by atoms with Crippen molar-refractivity contribution in [1.82, 2.24) is 14.8 Å². The van der Waals surface area contributed by atoms with Crippen LogP contribution in [0.5, 0.6) is 0 Å². The van der Waals surface area contributed by atoms with Crippen LogP contribution >= 0.6 is 11.6 Å². The summed E-state index contributed by atoms with van der Waals surface area (Å²) in [6.07, 6.45) is 1.02. The van der Waals surface area contributed by atoms with E-state index < -0.39 is 12.6 Å². The number of halogens is 3. The van der Waals surface area contributed by atoms with Gasteiger partial charge in [0.1, 0.15) is 6.33 Å². The van der Waals surface area contributed by atoms with Gasteiger partial charge in [-0.3, -0.25) is 0 Å². The summed E-state index contributed by atoms with van der Waals surface area (Å²) >= 11 is 5.98. The molecular formula is C11H11ClF2N4O. The van der Waals surface area contributed by atoms with Crippen molar-refractivity contribution in [2.45, 2.75) is 12.6 Å². The second-order valence-electron chi connectivity index (χ2n) is 3.83. The largest absolute Gasteiger partial charge is 0.394 e. The number of aliphatic hydroxyl groups excluding tert-OH is 1. The molecular weight excluding hydrogens is 278 g/mol. The summed E-state index contributed by atoms with van der Waals surface area (Å²) < 4.78 is 26.0. The molecule has 1 atom stereocenters. The van der Waals surface area contributed by atoms with Gasteiger partial charge in [0.15, 0.2) is 5.82 Å². The van der Waals surface area contributed by atoms with Crippen molar-refractivity contribution in [3.63, 3.8) is 0 Å². The number of rotatable bonds is 4. The molecule has 1 aromatic carbocycles. The van der Waals surface area contributed by atoms with Crippen LogP contribution in [0, 0.1) is 0 Å². The molecule has 0 aliphatic carbocycles. The molecule has 1 aromatic heterocycles. The molecule has 0 bridgehead atoms. The molecule has 2 rings (SSSR count). The van der Waals surface area contributed by atoms with Crippen LogP contribution in [0.1, 0.15) is 18.2 Å². The van der Waals surface area contributed by atoms with Crippen molar-refractivity contribution in [3.8, 4) is 11.4 Å². The summed E-state index contributed by atoms with van der Waals surface area (Å²) in [7, 11) is 0. The van der Waals surface area contributed by atoms with Gasteiger partial charge in [0.25, 0.3) is 0 Å². The molecule has 0 saturated carbocycles. The van der Waals surface area contributed by atoms with E-state index in [4.69, 9.17) is 22.4 Å². The minimum absolute atomic E-state index is 0.0491. The summed E-state index contributed by atoms with van der Waals surface area (Å²) in [5.41, 5.74) is 6.55. The summed E-state index contributed by atoms with van der Waals surface area (Å²) in [6, 6.07) is 4.05. The maximum atomic E-state index is 12.8. The van der Waals surface area contributed by atoms with Gasteiger partial charge in [-0.1, -0.05) is 17.7 Å². The van der Waals surface area contributed by atoms with Gasteiger partial charge in [-0.05, 0) is 17.7 Å². The van der Waals surface area contributed by atoms with Gasteiger partial charge in [0.05, 0.1) is 17.7 Å². The predicted octanol–water partition coefficient (Wildman–Crippen LogP) is 1.99. The van der Waals surface area contributed by atoms with E-state index in [-0.39, 0.29) is 17.5 Å². The van der Waals surface area contributed by atoms with E-state index in [1.54, 1.807) is 6.07 Å². The molecule has 102 valence electrons. The van der Waals surface area contributed by atoms with Crippen LogP contribution in [-0.2, 0) is 0 Å². The summed E-state index contributed by atoms with van der Waals surface area (Å²) in [5.74, 6) is -0.0491. The van der Waals surface area contributed by atoms with E-state index >= 15 is 0 Å². The molecule has 8 heteroatoms. The average Bonchev–Trinajstić information content (AvgIpc) is 2.87. The lowest BCUT2D eigenvalue weighted by Gasteiger charge is -2.12. The molecule has 1 heterocycles. The second kappa shape index (κ2) is 5.60. The monoisotopic (exact) mass is 288 g/mol. The molecule has 0 fully saturated rings. The van der Waals surface area contributed by atoms with Crippen LogP contribution in [0.3, 0.4) is 0 Å². The lowest BCUT2D eigenvalue weighted by molar-refractivity contribution is 0.0582. The molecule has 2 aromatic rings. The number of benzene rings is 1. The maximum absolute atomic E-state index is 12.8. The van der Waals surface area contributed by atoms with Crippen molar-refractivity contribution in [1.29, 1.82) is 0 Å². The number of alkyl halides is 2. The van der Waals surface area contributed by atoms with Crippen LogP contribution in [0.15, 0.2) is 24.5 Å². The summed E-state index contributed by atoms with van der Waals surface area (Å²) in [4.78, 5) is 3.78. The zero-order valence-electron chi connectivity index (χ0n) is 9.67. The van der Waals surface area contributed by atoms with Crippen molar-refractivity contribution >= 4 is 11.6 Å². The summed E-state index contributed by atoms with van der Waals surface area (Å²) in [6.45, 7) is -3.08. The highest BCUT2D eigenvalue weighted by molar-refractivity contribution is 6.33. The SMILES string of the molecule is NC(CO)c1ccc(Cl)c(-c2ncnn2C(F)F)c1. The van der Waals surface area contributed by atoms with Gasteiger partial charge in [0.2, 0.25) is 0 Å². The number of nitrogens with two attached hydrogens (primary N) is 1. The molecule has 0 saturated heterocycles. The van der Waals surface area contributed by atoms with E-state index in [2.05, 4.69) is 10.1 Å². The van der Waals surface area contributed by atoms with Crippen LogP contribution in [-0.4, -0.2) is 26.5 Å². The molecule has 0 aliphatic heterocycles. The third-order valence-corrected chi connectivity index (χ3v) is 2.94. The topological polar surface area (TPSA) is 77.0 Å². The van der Waals surface area contributed by atoms with Crippen molar-refractivity contribution < 1.29 is 13.9 Å². The highest BCUT2D eigenvalue weighted by Gasteiger charge is 2.18. The Hall–Kier alpha value is -1.57. The fourth-order valence-electron chi connectivity index (χ4n) is 1.64. The first-order valence-corrected chi connectivity index (χ1v) is 5.76. The normalized spacial score (nSPS) is 12.9. The van der Waals surface area contributed by atoms with Crippen LogP contribution < -0.4 is 5.73 Å². The van der Waals surface area contributed by atoms with Crippen molar-refractivity contribution in [3.05, 3.63) is 35.1 Å². The minimum atomic E-state index is -2.82. The Balaban J connectivity index is 2.52. The Labute approximate surface area is 112 Å². The van der Waals surface area contributed by atoms with Gasteiger partial charge in [-0.2, -0.15) is 18.6 Å². The van der Waals surface area contributed by atoms with E-state index in [0.29, 0.717) is 15.8 Å². The molecule has 0 aliphatic rings. The third-order valence-electron chi connectivity index (χ3n) is 2.61. The van der Waals surface area contributed by atoms with Gasteiger partial charge in [0, 0.05) is 5.56 Å². The van der Waals surface area contributed by atoms with E-state index in [1.807, 2.05) is 0 Å². The molecule has 5 nitrogen and oxygen atoms in total. The first kappa shape index (κ1) is 13.9.